The van der Waals surface area contributed by atoms with Crippen molar-refractivity contribution < 1.29 is 22.4 Å². The van der Waals surface area contributed by atoms with Crippen LogP contribution >= 0.6 is 0 Å². The average molecular weight is 526 g/mol. The number of hydrogen-bond donors (Lipinski definition) is 1. The number of aryl methyl sites for hydroxylation is 1. The van der Waals surface area contributed by atoms with Crippen molar-refractivity contribution in [2.45, 2.75) is 32.9 Å². The lowest BCUT2D eigenvalue weighted by Gasteiger charge is -2.33. The Morgan fingerprint density at radius 1 is 0.919 bits per heavy atom. The summed E-state index contributed by atoms with van der Waals surface area (Å²) in [5.74, 6) is -1.33. The van der Waals surface area contributed by atoms with Crippen molar-refractivity contribution in [1.82, 2.24) is 10.2 Å². The first kappa shape index (κ1) is 27.9. The standard InChI is InChI=1S/C28H32FN3O4S/c1-4-30-28(34)26(18-22-8-6-5-7-9-22)31(19-23-12-14-24(29)15-13-23)27(33)20-32(37(3,35)36)25-16-10-21(2)11-17-25/h5-17,26H,4,18-20H2,1-3H3,(H,30,34). The lowest BCUT2D eigenvalue weighted by molar-refractivity contribution is -0.140. The van der Waals surface area contributed by atoms with E-state index < -0.39 is 34.3 Å². The molecule has 0 radical (unpaired) electrons. The highest BCUT2D eigenvalue weighted by molar-refractivity contribution is 7.92. The van der Waals surface area contributed by atoms with E-state index in [1.54, 1.807) is 43.3 Å². The zero-order valence-corrected chi connectivity index (χ0v) is 22.0. The van der Waals surface area contributed by atoms with Crippen LogP contribution in [-0.2, 0) is 32.6 Å². The molecule has 0 heterocycles. The van der Waals surface area contributed by atoms with E-state index in [-0.39, 0.29) is 18.9 Å². The summed E-state index contributed by atoms with van der Waals surface area (Å²) in [4.78, 5) is 28.4. The summed E-state index contributed by atoms with van der Waals surface area (Å²) in [6, 6.07) is 20.8. The normalized spacial score (nSPS) is 12.0. The molecule has 7 nitrogen and oxygen atoms in total. The van der Waals surface area contributed by atoms with Gasteiger partial charge >= 0.3 is 0 Å². The van der Waals surface area contributed by atoms with Gasteiger partial charge in [-0.3, -0.25) is 13.9 Å². The number of benzene rings is 3. The van der Waals surface area contributed by atoms with Crippen LogP contribution in [0.4, 0.5) is 10.1 Å². The average Bonchev–Trinajstić information content (AvgIpc) is 2.86. The number of hydrogen-bond acceptors (Lipinski definition) is 4. The number of anilines is 1. The number of nitrogens with zero attached hydrogens (tertiary/aromatic N) is 2. The van der Waals surface area contributed by atoms with Crippen molar-refractivity contribution in [3.8, 4) is 0 Å². The molecule has 0 aromatic heterocycles. The lowest BCUT2D eigenvalue weighted by atomic mass is 10.0. The summed E-state index contributed by atoms with van der Waals surface area (Å²) in [5.41, 5.74) is 2.74. The van der Waals surface area contributed by atoms with Gasteiger partial charge in [0.1, 0.15) is 18.4 Å². The summed E-state index contributed by atoms with van der Waals surface area (Å²) >= 11 is 0. The highest BCUT2D eigenvalue weighted by Gasteiger charge is 2.32. The van der Waals surface area contributed by atoms with Gasteiger partial charge in [-0.25, -0.2) is 12.8 Å². The topological polar surface area (TPSA) is 86.8 Å². The Morgan fingerprint density at radius 3 is 2.11 bits per heavy atom. The molecule has 196 valence electrons. The second-order valence-corrected chi connectivity index (χ2v) is 10.8. The molecule has 3 aromatic carbocycles. The van der Waals surface area contributed by atoms with Gasteiger partial charge in [-0.05, 0) is 49.2 Å². The Bertz CT molecular complexity index is 1300. The van der Waals surface area contributed by atoms with Gasteiger partial charge in [0.15, 0.2) is 0 Å². The van der Waals surface area contributed by atoms with Crippen LogP contribution in [-0.4, -0.2) is 50.5 Å². The molecule has 3 rings (SSSR count). The van der Waals surface area contributed by atoms with E-state index in [9.17, 15) is 22.4 Å². The fraction of sp³-hybridized carbons (Fsp3) is 0.286. The van der Waals surface area contributed by atoms with Gasteiger partial charge in [0.2, 0.25) is 21.8 Å². The smallest absolute Gasteiger partial charge is 0.244 e. The predicted octanol–water partition coefficient (Wildman–Crippen LogP) is 3.68. The molecule has 3 aromatic rings. The van der Waals surface area contributed by atoms with Crippen LogP contribution in [0, 0.1) is 12.7 Å². The Morgan fingerprint density at radius 2 is 1.54 bits per heavy atom. The number of amides is 2. The van der Waals surface area contributed by atoms with Crippen LogP contribution < -0.4 is 9.62 Å². The van der Waals surface area contributed by atoms with Crippen molar-refractivity contribution in [1.29, 1.82) is 0 Å². The van der Waals surface area contributed by atoms with E-state index in [1.807, 2.05) is 37.3 Å². The van der Waals surface area contributed by atoms with Crippen LogP contribution in [0.5, 0.6) is 0 Å². The SMILES string of the molecule is CCNC(=O)C(Cc1ccccc1)N(Cc1ccc(F)cc1)C(=O)CN(c1ccc(C)cc1)S(C)(=O)=O. The van der Waals surface area contributed by atoms with Gasteiger partial charge < -0.3 is 10.2 Å². The first-order chi connectivity index (χ1) is 17.6. The molecule has 0 saturated heterocycles. The van der Waals surface area contributed by atoms with E-state index >= 15 is 0 Å². The summed E-state index contributed by atoms with van der Waals surface area (Å²) in [6.07, 6.45) is 1.26. The van der Waals surface area contributed by atoms with Crippen LogP contribution in [0.15, 0.2) is 78.9 Å². The Kier molecular flexibility index (Phi) is 9.41. The van der Waals surface area contributed by atoms with Crippen molar-refractivity contribution >= 4 is 27.5 Å². The third-order valence-corrected chi connectivity index (χ3v) is 7.03. The van der Waals surface area contributed by atoms with E-state index in [0.29, 0.717) is 17.8 Å². The molecule has 0 aliphatic rings. The number of carbonyl (C=O) groups is 2. The van der Waals surface area contributed by atoms with Gasteiger partial charge in [-0.2, -0.15) is 0 Å². The first-order valence-corrected chi connectivity index (χ1v) is 13.8. The number of nitrogens with one attached hydrogen (secondary N) is 1. The minimum atomic E-state index is -3.82. The monoisotopic (exact) mass is 525 g/mol. The molecule has 0 aliphatic heterocycles. The van der Waals surface area contributed by atoms with Crippen molar-refractivity contribution in [2.75, 3.05) is 23.7 Å². The molecule has 1 atom stereocenters. The highest BCUT2D eigenvalue weighted by Crippen LogP contribution is 2.21. The second-order valence-electron chi connectivity index (χ2n) is 8.85. The Labute approximate surface area is 218 Å². The summed E-state index contributed by atoms with van der Waals surface area (Å²) in [7, 11) is -3.82. The maximum atomic E-state index is 13.8. The van der Waals surface area contributed by atoms with Gasteiger partial charge in [0.05, 0.1) is 11.9 Å². The number of likely N-dealkylation sites (N-methyl/N-ethyl adjacent to an activating group) is 1. The highest BCUT2D eigenvalue weighted by atomic mass is 32.2. The van der Waals surface area contributed by atoms with Crippen molar-refractivity contribution in [2.24, 2.45) is 0 Å². The fourth-order valence-electron chi connectivity index (χ4n) is 3.96. The molecule has 9 heteroatoms. The number of rotatable bonds is 11. The van der Waals surface area contributed by atoms with Crippen LogP contribution in [0.2, 0.25) is 0 Å². The number of halogens is 1. The van der Waals surface area contributed by atoms with Crippen LogP contribution in [0.25, 0.3) is 0 Å². The zero-order valence-electron chi connectivity index (χ0n) is 21.2. The minimum Gasteiger partial charge on any atom is -0.355 e. The molecule has 0 fully saturated rings. The lowest BCUT2D eigenvalue weighted by Crippen LogP contribution is -2.53. The Balaban J connectivity index is 2.02. The quantitative estimate of drug-likeness (QED) is 0.414. The molecule has 0 bridgehead atoms. The molecule has 2 amide bonds. The molecule has 0 aliphatic carbocycles. The van der Waals surface area contributed by atoms with Crippen molar-refractivity contribution in [3.05, 3.63) is 101 Å². The Hall–Kier alpha value is -3.72. The van der Waals surface area contributed by atoms with E-state index in [0.717, 1.165) is 21.7 Å². The number of sulfonamides is 1. The first-order valence-electron chi connectivity index (χ1n) is 12.0. The molecule has 0 spiro atoms. The molecule has 1 unspecified atom stereocenters. The second kappa shape index (κ2) is 12.5. The van der Waals surface area contributed by atoms with Gasteiger partial charge in [-0.1, -0.05) is 60.2 Å². The minimum absolute atomic E-state index is 0.000746. The summed E-state index contributed by atoms with van der Waals surface area (Å²) in [5, 5.41) is 2.79. The van der Waals surface area contributed by atoms with Crippen LogP contribution in [0.3, 0.4) is 0 Å². The molecular weight excluding hydrogens is 493 g/mol. The van der Waals surface area contributed by atoms with Crippen molar-refractivity contribution in [3.63, 3.8) is 0 Å². The predicted molar refractivity (Wildman–Crippen MR) is 143 cm³/mol. The molecule has 1 N–H and O–H groups in total. The maximum Gasteiger partial charge on any atom is 0.244 e. The van der Waals surface area contributed by atoms with E-state index in [4.69, 9.17) is 0 Å². The largest absolute Gasteiger partial charge is 0.355 e. The third-order valence-electron chi connectivity index (χ3n) is 5.89. The zero-order chi connectivity index (χ0) is 27.0. The third kappa shape index (κ3) is 7.88. The maximum absolute atomic E-state index is 13.8. The van der Waals surface area contributed by atoms with E-state index in [2.05, 4.69) is 5.32 Å². The summed E-state index contributed by atoms with van der Waals surface area (Å²) < 4.78 is 40.0. The molecular formula is C28H32FN3O4S. The van der Waals surface area contributed by atoms with Gasteiger partial charge in [-0.15, -0.1) is 0 Å². The molecule has 37 heavy (non-hydrogen) atoms. The fourth-order valence-corrected chi connectivity index (χ4v) is 4.81. The number of carbonyl (C=O) groups excluding carboxylic acids is 2. The molecule has 0 saturated carbocycles. The van der Waals surface area contributed by atoms with E-state index in [1.165, 1.54) is 17.0 Å². The van der Waals surface area contributed by atoms with Crippen LogP contribution in [0.1, 0.15) is 23.6 Å². The summed E-state index contributed by atoms with van der Waals surface area (Å²) in [6.45, 7) is 3.53. The van der Waals surface area contributed by atoms with Gasteiger partial charge in [0.25, 0.3) is 0 Å². The van der Waals surface area contributed by atoms with Gasteiger partial charge in [0, 0.05) is 19.5 Å².